The maximum atomic E-state index is 12.9. The molecule has 1 aliphatic rings. The van der Waals surface area contributed by atoms with Crippen LogP contribution in [0.2, 0.25) is 0 Å². The van der Waals surface area contributed by atoms with E-state index >= 15 is 0 Å². The molecular formula is C24H24N4O4S2. The zero-order chi connectivity index (χ0) is 24.1. The highest BCUT2D eigenvalue weighted by Gasteiger charge is 2.32. The van der Waals surface area contributed by atoms with Crippen LogP contribution in [0.4, 0.5) is 5.69 Å². The average molecular weight is 497 g/mol. The van der Waals surface area contributed by atoms with Crippen LogP contribution in [0, 0.1) is 5.92 Å². The summed E-state index contributed by atoms with van der Waals surface area (Å²) in [6.07, 6.45) is 4.20. The van der Waals surface area contributed by atoms with Crippen LogP contribution in [0.1, 0.15) is 30.1 Å². The van der Waals surface area contributed by atoms with Crippen molar-refractivity contribution in [2.24, 2.45) is 5.92 Å². The number of pyridine rings is 2. The molecule has 0 saturated carbocycles. The first-order valence-electron chi connectivity index (χ1n) is 10.8. The Morgan fingerprint density at radius 3 is 2.32 bits per heavy atom. The molecule has 0 bridgehead atoms. The van der Waals surface area contributed by atoms with Gasteiger partial charge in [0.2, 0.25) is 15.9 Å². The lowest BCUT2D eigenvalue weighted by molar-refractivity contribution is -0.120. The molecule has 1 aliphatic heterocycles. The Morgan fingerprint density at radius 2 is 1.68 bits per heavy atom. The summed E-state index contributed by atoms with van der Waals surface area (Å²) in [5.41, 5.74) is 1.10. The molecule has 8 nitrogen and oxygen atoms in total. The van der Waals surface area contributed by atoms with Crippen molar-refractivity contribution in [2.45, 2.75) is 34.7 Å². The summed E-state index contributed by atoms with van der Waals surface area (Å²) in [6.45, 7) is 1.95. The molecular weight excluding hydrogens is 472 g/mol. The number of aromatic nitrogens is 2. The van der Waals surface area contributed by atoms with Gasteiger partial charge in [-0.3, -0.25) is 9.59 Å². The Morgan fingerprint density at radius 1 is 0.971 bits per heavy atom. The number of benzene rings is 1. The standard InChI is InChI=1S/C24H24N4O4S2/c1-17(29)18-5-7-21(8-6-18)34(31,32)28-14-10-19(11-15-28)24(30)27-20-9-13-26-23(16-20)33-22-4-2-3-12-25-22/h2-9,12-13,16,19H,10-11,14-15H2,1H3,(H,26,27,30). The van der Waals surface area contributed by atoms with Crippen molar-refractivity contribution in [1.82, 2.24) is 14.3 Å². The van der Waals surface area contributed by atoms with E-state index in [0.29, 0.717) is 29.1 Å². The average Bonchev–Trinajstić information content (AvgIpc) is 2.85. The van der Waals surface area contributed by atoms with Gasteiger partial charge < -0.3 is 5.32 Å². The second-order valence-electron chi connectivity index (χ2n) is 7.90. The Hall–Kier alpha value is -3.08. The highest BCUT2D eigenvalue weighted by atomic mass is 32.2. The lowest BCUT2D eigenvalue weighted by Crippen LogP contribution is -2.41. The van der Waals surface area contributed by atoms with Gasteiger partial charge in [0.25, 0.3) is 0 Å². The van der Waals surface area contributed by atoms with Crippen LogP contribution < -0.4 is 5.32 Å². The van der Waals surface area contributed by atoms with E-state index in [9.17, 15) is 18.0 Å². The third kappa shape index (κ3) is 5.69. The van der Waals surface area contributed by atoms with Crippen molar-refractivity contribution >= 4 is 39.2 Å². The summed E-state index contributed by atoms with van der Waals surface area (Å²) in [6, 6.07) is 15.1. The van der Waals surface area contributed by atoms with E-state index in [4.69, 9.17) is 0 Å². The minimum atomic E-state index is -3.67. The van der Waals surface area contributed by atoms with Crippen LogP contribution in [0.15, 0.2) is 81.9 Å². The number of Topliss-reactive ketones (excluding diaryl/α,β-unsaturated/α-hetero) is 1. The molecule has 34 heavy (non-hydrogen) atoms. The van der Waals surface area contributed by atoms with Gasteiger partial charge in [-0.05, 0) is 56.2 Å². The van der Waals surface area contributed by atoms with Crippen molar-refractivity contribution in [1.29, 1.82) is 0 Å². The van der Waals surface area contributed by atoms with Crippen LogP contribution in [0.25, 0.3) is 0 Å². The highest BCUT2D eigenvalue weighted by Crippen LogP contribution is 2.28. The van der Waals surface area contributed by atoms with E-state index in [1.165, 1.54) is 47.3 Å². The Bertz CT molecular complexity index is 1270. The largest absolute Gasteiger partial charge is 0.326 e. The van der Waals surface area contributed by atoms with E-state index in [1.54, 1.807) is 24.5 Å². The molecule has 0 spiro atoms. The maximum Gasteiger partial charge on any atom is 0.243 e. The highest BCUT2D eigenvalue weighted by molar-refractivity contribution is 7.99. The molecule has 1 amide bonds. The van der Waals surface area contributed by atoms with Crippen molar-refractivity contribution < 1.29 is 18.0 Å². The first kappa shape index (κ1) is 24.1. The quantitative estimate of drug-likeness (QED) is 0.495. The fourth-order valence-electron chi connectivity index (χ4n) is 3.67. The third-order valence-electron chi connectivity index (χ3n) is 5.57. The van der Waals surface area contributed by atoms with E-state index in [1.807, 2.05) is 18.2 Å². The molecule has 3 aromatic rings. The third-order valence-corrected chi connectivity index (χ3v) is 8.37. The van der Waals surface area contributed by atoms with Crippen LogP contribution in [-0.2, 0) is 14.8 Å². The molecule has 176 valence electrons. The summed E-state index contributed by atoms with van der Waals surface area (Å²) in [7, 11) is -3.67. The van der Waals surface area contributed by atoms with Crippen LogP contribution in [0.3, 0.4) is 0 Å². The van der Waals surface area contributed by atoms with E-state index in [-0.39, 0.29) is 35.6 Å². The molecule has 2 aromatic heterocycles. The topological polar surface area (TPSA) is 109 Å². The monoisotopic (exact) mass is 496 g/mol. The number of hydrogen-bond donors (Lipinski definition) is 1. The number of amides is 1. The van der Waals surface area contributed by atoms with E-state index < -0.39 is 10.0 Å². The number of carbonyl (C=O) groups excluding carboxylic acids is 2. The maximum absolute atomic E-state index is 12.9. The molecule has 0 radical (unpaired) electrons. The predicted molar refractivity (Wildman–Crippen MR) is 129 cm³/mol. The SMILES string of the molecule is CC(=O)c1ccc(S(=O)(=O)N2CCC(C(=O)Nc3ccnc(Sc4ccccn4)c3)CC2)cc1. The summed E-state index contributed by atoms with van der Waals surface area (Å²) >= 11 is 1.40. The zero-order valence-electron chi connectivity index (χ0n) is 18.5. The minimum Gasteiger partial charge on any atom is -0.326 e. The number of piperidine rings is 1. The van der Waals surface area contributed by atoms with Gasteiger partial charge in [0.15, 0.2) is 5.78 Å². The zero-order valence-corrected chi connectivity index (χ0v) is 20.2. The lowest BCUT2D eigenvalue weighted by atomic mass is 9.97. The Kier molecular flexibility index (Phi) is 7.40. The van der Waals surface area contributed by atoms with Crippen molar-refractivity contribution in [3.8, 4) is 0 Å². The second-order valence-corrected chi connectivity index (χ2v) is 10.9. The van der Waals surface area contributed by atoms with Gasteiger partial charge in [-0.2, -0.15) is 4.31 Å². The molecule has 1 saturated heterocycles. The first-order chi connectivity index (χ1) is 16.3. The molecule has 4 rings (SSSR count). The molecule has 10 heteroatoms. The summed E-state index contributed by atoms with van der Waals surface area (Å²) in [5, 5.41) is 4.45. The van der Waals surface area contributed by atoms with Gasteiger partial charge in [0.1, 0.15) is 10.1 Å². The number of hydrogen-bond acceptors (Lipinski definition) is 7. The summed E-state index contributed by atoms with van der Waals surface area (Å²) in [5.74, 6) is -0.540. The van der Waals surface area contributed by atoms with E-state index in [0.717, 1.165) is 5.03 Å². The normalized spacial score (nSPS) is 15.1. The fraction of sp³-hybridized carbons (Fsp3) is 0.250. The first-order valence-corrected chi connectivity index (χ1v) is 13.1. The molecule has 0 unspecified atom stereocenters. The number of anilines is 1. The fourth-order valence-corrected chi connectivity index (χ4v) is 5.91. The molecule has 1 aromatic carbocycles. The molecule has 0 aliphatic carbocycles. The van der Waals surface area contributed by atoms with Gasteiger partial charge in [0.05, 0.1) is 4.90 Å². The van der Waals surface area contributed by atoms with Crippen molar-refractivity contribution in [3.05, 3.63) is 72.6 Å². The number of ketones is 1. The van der Waals surface area contributed by atoms with Crippen molar-refractivity contribution in [3.63, 3.8) is 0 Å². The number of nitrogens with one attached hydrogen (secondary N) is 1. The lowest BCUT2D eigenvalue weighted by Gasteiger charge is -2.30. The number of carbonyl (C=O) groups is 2. The van der Waals surface area contributed by atoms with Gasteiger partial charge in [0, 0.05) is 42.7 Å². The molecule has 1 N–H and O–H groups in total. The summed E-state index contributed by atoms with van der Waals surface area (Å²) < 4.78 is 27.3. The number of nitrogens with zero attached hydrogens (tertiary/aromatic N) is 3. The van der Waals surface area contributed by atoms with Gasteiger partial charge in [-0.1, -0.05) is 30.0 Å². The van der Waals surface area contributed by atoms with Crippen LogP contribution >= 0.6 is 11.8 Å². The number of rotatable bonds is 7. The molecule has 0 atom stereocenters. The van der Waals surface area contributed by atoms with Gasteiger partial charge in [-0.25, -0.2) is 18.4 Å². The Labute approximate surface area is 202 Å². The smallest absolute Gasteiger partial charge is 0.243 e. The molecule has 3 heterocycles. The summed E-state index contributed by atoms with van der Waals surface area (Å²) in [4.78, 5) is 33.0. The predicted octanol–water partition coefficient (Wildman–Crippen LogP) is 3.87. The van der Waals surface area contributed by atoms with Crippen LogP contribution in [-0.4, -0.2) is 47.5 Å². The van der Waals surface area contributed by atoms with Crippen LogP contribution in [0.5, 0.6) is 0 Å². The number of sulfonamides is 1. The second kappa shape index (κ2) is 10.5. The van der Waals surface area contributed by atoms with Gasteiger partial charge >= 0.3 is 0 Å². The minimum absolute atomic E-state index is 0.118. The van der Waals surface area contributed by atoms with Gasteiger partial charge in [-0.15, -0.1) is 0 Å². The molecule has 1 fully saturated rings. The Balaban J connectivity index is 1.34. The van der Waals surface area contributed by atoms with E-state index in [2.05, 4.69) is 15.3 Å². The van der Waals surface area contributed by atoms with Crippen molar-refractivity contribution in [2.75, 3.05) is 18.4 Å².